The Kier molecular flexibility index (Phi) is 4.13. The summed E-state index contributed by atoms with van der Waals surface area (Å²) in [4.78, 5) is 9.12. The van der Waals surface area contributed by atoms with Gasteiger partial charge >= 0.3 is 0 Å². The van der Waals surface area contributed by atoms with Crippen LogP contribution in [0.15, 0.2) is 24.5 Å². The van der Waals surface area contributed by atoms with Crippen molar-refractivity contribution < 1.29 is 0 Å². The van der Waals surface area contributed by atoms with E-state index in [-0.39, 0.29) is 11.0 Å². The molecule has 1 aromatic carbocycles. The average molecular weight is 339 g/mol. The maximum absolute atomic E-state index is 4.78. The first-order valence-corrected chi connectivity index (χ1v) is 8.83. The minimum Gasteiger partial charge on any atom is -0.363 e. The smallest absolute Gasteiger partial charge is 0.252 e. The van der Waals surface area contributed by atoms with Crippen LogP contribution in [-0.2, 0) is 0 Å². The minimum atomic E-state index is -0.0776. The van der Waals surface area contributed by atoms with Crippen LogP contribution in [0.5, 0.6) is 0 Å². The van der Waals surface area contributed by atoms with Gasteiger partial charge < -0.3 is 5.32 Å². The first-order valence-electron chi connectivity index (χ1n) is 8.83. The third kappa shape index (κ3) is 3.70. The summed E-state index contributed by atoms with van der Waals surface area (Å²) in [5.74, 6) is 1.65. The Hall–Kier alpha value is -2.30. The second kappa shape index (κ2) is 5.90. The Labute approximate surface area is 149 Å². The number of nitrogens with one attached hydrogen (secondary N) is 2. The van der Waals surface area contributed by atoms with Crippen molar-refractivity contribution in [3.63, 3.8) is 0 Å². The Bertz CT molecular complexity index is 893. The van der Waals surface area contributed by atoms with Crippen LogP contribution in [0.1, 0.15) is 52.2 Å². The molecule has 5 nitrogen and oxygen atoms in total. The summed E-state index contributed by atoms with van der Waals surface area (Å²) in [6.07, 6.45) is 2.71. The number of aryl methyl sites for hydroxylation is 2. The number of nitrogens with zero attached hydrogens (tertiary/aromatic N) is 3. The Morgan fingerprint density at radius 2 is 1.84 bits per heavy atom. The number of anilines is 1. The third-order valence-electron chi connectivity index (χ3n) is 4.30. The summed E-state index contributed by atoms with van der Waals surface area (Å²) < 4.78 is 1.93. The lowest BCUT2D eigenvalue weighted by Gasteiger charge is -2.34. The molecule has 0 aliphatic heterocycles. The van der Waals surface area contributed by atoms with E-state index < -0.39 is 0 Å². The molecule has 0 saturated heterocycles. The Morgan fingerprint density at radius 1 is 1.12 bits per heavy atom. The van der Waals surface area contributed by atoms with Crippen molar-refractivity contribution in [3.8, 4) is 11.3 Å². The second-order valence-corrected chi connectivity index (χ2v) is 8.90. The maximum Gasteiger partial charge on any atom is 0.252 e. The molecule has 0 atom stereocenters. The van der Waals surface area contributed by atoms with Crippen LogP contribution >= 0.6 is 0 Å². The fraction of sp³-hybridized carbons (Fsp3) is 0.500. The van der Waals surface area contributed by atoms with E-state index in [0.717, 1.165) is 23.5 Å². The number of fused-ring (bicyclic) bond motifs is 1. The van der Waals surface area contributed by atoms with Crippen LogP contribution in [0.3, 0.4) is 0 Å². The van der Waals surface area contributed by atoms with Gasteiger partial charge in [0.1, 0.15) is 12.0 Å². The molecule has 0 saturated carbocycles. The fourth-order valence-electron chi connectivity index (χ4n) is 3.75. The summed E-state index contributed by atoms with van der Waals surface area (Å²) in [6, 6.07) is 6.48. The van der Waals surface area contributed by atoms with Gasteiger partial charge in [-0.15, -0.1) is 0 Å². The van der Waals surface area contributed by atoms with Crippen molar-refractivity contribution in [3.05, 3.63) is 35.7 Å². The summed E-state index contributed by atoms with van der Waals surface area (Å²) in [7, 11) is 0. The number of H-pyrrole nitrogens is 1. The monoisotopic (exact) mass is 339 g/mol. The average Bonchev–Trinajstić information content (AvgIpc) is 3.01. The lowest BCUT2D eigenvalue weighted by molar-refractivity contribution is 0.302. The van der Waals surface area contributed by atoms with Gasteiger partial charge in [0.2, 0.25) is 0 Å². The molecule has 0 spiro atoms. The van der Waals surface area contributed by atoms with Crippen LogP contribution in [-0.4, -0.2) is 25.1 Å². The molecule has 2 N–H and O–H groups in total. The van der Waals surface area contributed by atoms with Crippen molar-refractivity contribution in [1.29, 1.82) is 0 Å². The number of imidazole rings is 1. The standard InChI is InChI=1S/C20H29N5/c1-13-8-9-14(2)15(10-13)16-17(25-18(23-16)21-12-22-25)24-20(6,7)11-19(3,4)5/h8-10,12,24H,11H2,1-7H3,(H,21,22,23). The number of rotatable bonds is 4. The molecule has 0 bridgehead atoms. The normalized spacial score (nSPS) is 12.8. The van der Waals surface area contributed by atoms with Gasteiger partial charge in [0, 0.05) is 11.1 Å². The van der Waals surface area contributed by atoms with Gasteiger partial charge in [-0.2, -0.15) is 0 Å². The number of aromatic amines is 1. The molecule has 2 heterocycles. The molecule has 0 aliphatic carbocycles. The molecule has 25 heavy (non-hydrogen) atoms. The topological polar surface area (TPSA) is 58.0 Å². The lowest BCUT2D eigenvalue weighted by Crippen LogP contribution is -2.36. The van der Waals surface area contributed by atoms with E-state index in [1.807, 2.05) is 4.52 Å². The lowest BCUT2D eigenvalue weighted by atomic mass is 9.82. The molecule has 3 aromatic rings. The van der Waals surface area contributed by atoms with Gasteiger partial charge in [-0.25, -0.2) is 14.5 Å². The highest BCUT2D eigenvalue weighted by Crippen LogP contribution is 2.35. The van der Waals surface area contributed by atoms with Gasteiger partial charge in [0.05, 0.1) is 0 Å². The van der Waals surface area contributed by atoms with E-state index in [1.54, 1.807) is 6.33 Å². The van der Waals surface area contributed by atoms with Crippen molar-refractivity contribution in [2.45, 2.75) is 60.4 Å². The Morgan fingerprint density at radius 3 is 2.52 bits per heavy atom. The van der Waals surface area contributed by atoms with Crippen molar-refractivity contribution in [2.24, 2.45) is 5.41 Å². The number of aromatic nitrogens is 4. The quantitative estimate of drug-likeness (QED) is 0.705. The first kappa shape index (κ1) is 17.5. The molecule has 2 aromatic heterocycles. The molecule has 5 heteroatoms. The second-order valence-electron chi connectivity index (χ2n) is 8.90. The largest absolute Gasteiger partial charge is 0.363 e. The third-order valence-corrected chi connectivity index (χ3v) is 4.30. The SMILES string of the molecule is Cc1ccc(C)c(-c2nc3nc[nH]n3c2NC(C)(C)CC(C)(C)C)c1. The summed E-state index contributed by atoms with van der Waals surface area (Å²) in [5, 5.41) is 6.91. The molecular formula is C20H29N5. The molecule has 0 amide bonds. The summed E-state index contributed by atoms with van der Waals surface area (Å²) in [5.41, 5.74) is 4.68. The molecule has 3 rings (SSSR count). The van der Waals surface area contributed by atoms with Crippen molar-refractivity contribution >= 4 is 11.6 Å². The zero-order valence-corrected chi connectivity index (χ0v) is 16.4. The van der Waals surface area contributed by atoms with Crippen LogP contribution in [0, 0.1) is 19.3 Å². The first-order chi connectivity index (χ1) is 11.6. The zero-order valence-electron chi connectivity index (χ0n) is 16.4. The molecule has 0 aliphatic rings. The van der Waals surface area contributed by atoms with Gasteiger partial charge in [-0.1, -0.05) is 38.5 Å². The highest BCUT2D eigenvalue weighted by molar-refractivity contribution is 5.78. The van der Waals surface area contributed by atoms with Gasteiger partial charge in [0.25, 0.3) is 5.78 Å². The van der Waals surface area contributed by atoms with E-state index in [2.05, 4.69) is 82.1 Å². The predicted molar refractivity (Wildman–Crippen MR) is 104 cm³/mol. The Balaban J connectivity index is 2.11. The van der Waals surface area contributed by atoms with E-state index in [0.29, 0.717) is 5.78 Å². The van der Waals surface area contributed by atoms with E-state index in [4.69, 9.17) is 4.98 Å². The van der Waals surface area contributed by atoms with E-state index in [9.17, 15) is 0 Å². The van der Waals surface area contributed by atoms with Crippen LogP contribution in [0.2, 0.25) is 0 Å². The molecular weight excluding hydrogens is 310 g/mol. The zero-order chi connectivity index (χ0) is 18.4. The molecule has 0 unspecified atom stereocenters. The predicted octanol–water partition coefficient (Wildman–Crippen LogP) is 4.97. The molecule has 0 radical (unpaired) electrons. The van der Waals surface area contributed by atoms with Crippen molar-refractivity contribution in [1.82, 2.24) is 19.6 Å². The number of hydrogen-bond donors (Lipinski definition) is 2. The van der Waals surface area contributed by atoms with Crippen LogP contribution in [0.25, 0.3) is 17.0 Å². The van der Waals surface area contributed by atoms with E-state index >= 15 is 0 Å². The maximum atomic E-state index is 4.78. The highest BCUT2D eigenvalue weighted by atomic mass is 15.4. The van der Waals surface area contributed by atoms with Gasteiger partial charge in [0.15, 0.2) is 5.82 Å². The van der Waals surface area contributed by atoms with Gasteiger partial charge in [-0.3, -0.25) is 5.10 Å². The molecule has 0 fully saturated rings. The van der Waals surface area contributed by atoms with Gasteiger partial charge in [-0.05, 0) is 51.2 Å². The minimum absolute atomic E-state index is 0.0776. The summed E-state index contributed by atoms with van der Waals surface area (Å²) in [6.45, 7) is 15.5. The van der Waals surface area contributed by atoms with Crippen LogP contribution in [0.4, 0.5) is 5.82 Å². The van der Waals surface area contributed by atoms with Crippen molar-refractivity contribution in [2.75, 3.05) is 5.32 Å². The molecule has 134 valence electrons. The summed E-state index contributed by atoms with van der Waals surface area (Å²) >= 11 is 0. The number of hydrogen-bond acceptors (Lipinski definition) is 3. The fourth-order valence-corrected chi connectivity index (χ4v) is 3.75. The number of benzene rings is 1. The van der Waals surface area contributed by atoms with Crippen LogP contribution < -0.4 is 5.32 Å². The highest BCUT2D eigenvalue weighted by Gasteiger charge is 2.28. The van der Waals surface area contributed by atoms with E-state index in [1.165, 1.54) is 11.1 Å².